The summed E-state index contributed by atoms with van der Waals surface area (Å²) in [5.41, 5.74) is 1.08. The van der Waals surface area contributed by atoms with E-state index < -0.39 is 0 Å². The molecule has 2 aromatic rings. The highest BCUT2D eigenvalue weighted by atomic mass is 32.2. The van der Waals surface area contributed by atoms with E-state index in [0.717, 1.165) is 11.4 Å². The van der Waals surface area contributed by atoms with Crippen LogP contribution in [-0.4, -0.2) is 26.8 Å². The first kappa shape index (κ1) is 13.3. The summed E-state index contributed by atoms with van der Waals surface area (Å²) in [4.78, 5) is 13.5. The predicted molar refractivity (Wildman–Crippen MR) is 89.8 cm³/mol. The Morgan fingerprint density at radius 3 is 2.95 bits per heavy atom. The fraction of sp³-hybridized carbons (Fsp3) is 0.375. The lowest BCUT2D eigenvalue weighted by Gasteiger charge is -2.30. The first-order valence-corrected chi connectivity index (χ1v) is 9.18. The van der Waals surface area contributed by atoms with Gasteiger partial charge in [0.2, 0.25) is 0 Å². The molecule has 0 unspecified atom stereocenters. The number of rotatable bonds is 3. The van der Waals surface area contributed by atoms with Crippen LogP contribution in [0, 0.1) is 0 Å². The van der Waals surface area contributed by atoms with E-state index in [0.29, 0.717) is 12.1 Å². The van der Waals surface area contributed by atoms with E-state index in [9.17, 15) is 0 Å². The zero-order valence-corrected chi connectivity index (χ0v) is 13.5. The molecule has 3 nitrogen and oxygen atoms in total. The summed E-state index contributed by atoms with van der Waals surface area (Å²) < 4.78 is 0. The molecule has 108 valence electrons. The molecule has 0 amide bonds. The van der Waals surface area contributed by atoms with E-state index in [2.05, 4.69) is 46.5 Å². The Morgan fingerprint density at radius 2 is 2.24 bits per heavy atom. The van der Waals surface area contributed by atoms with Crippen LogP contribution >= 0.6 is 23.1 Å². The molecule has 1 saturated heterocycles. The molecule has 5 heteroatoms. The van der Waals surface area contributed by atoms with Gasteiger partial charge in [-0.1, -0.05) is 30.8 Å². The number of nitrogens with zero attached hydrogens (tertiary/aromatic N) is 3. The molecule has 2 aliphatic heterocycles. The zero-order valence-electron chi connectivity index (χ0n) is 11.8. The molecule has 0 aliphatic carbocycles. The molecule has 4 rings (SSSR count). The van der Waals surface area contributed by atoms with Gasteiger partial charge in [-0.2, -0.15) is 0 Å². The van der Waals surface area contributed by atoms with Gasteiger partial charge in [0.25, 0.3) is 0 Å². The fourth-order valence-electron chi connectivity index (χ4n) is 3.12. The number of aromatic nitrogens is 1. The van der Waals surface area contributed by atoms with Gasteiger partial charge in [0.15, 0.2) is 5.17 Å². The third-order valence-electron chi connectivity index (χ3n) is 4.16. The quantitative estimate of drug-likeness (QED) is 0.853. The van der Waals surface area contributed by atoms with Gasteiger partial charge in [-0.05, 0) is 30.0 Å². The summed E-state index contributed by atoms with van der Waals surface area (Å²) in [6.45, 7) is 2.27. The maximum atomic E-state index is 5.01. The van der Waals surface area contributed by atoms with Crippen LogP contribution in [0.2, 0.25) is 0 Å². The van der Waals surface area contributed by atoms with Crippen molar-refractivity contribution in [2.24, 2.45) is 4.99 Å². The molecule has 2 aromatic heterocycles. The number of aliphatic imine (C=N–C) groups is 1. The molecule has 21 heavy (non-hydrogen) atoms. The molecule has 1 fully saturated rings. The van der Waals surface area contributed by atoms with Crippen LogP contribution in [0.4, 0.5) is 0 Å². The molecular formula is C16H17N3S2. The monoisotopic (exact) mass is 315 g/mol. The number of pyridine rings is 1. The molecule has 0 radical (unpaired) electrons. The average Bonchev–Trinajstić information content (AvgIpc) is 3.23. The number of thiophene rings is 1. The van der Waals surface area contributed by atoms with Crippen molar-refractivity contribution < 1.29 is 0 Å². The Balaban J connectivity index is 1.78. The van der Waals surface area contributed by atoms with Gasteiger partial charge >= 0.3 is 0 Å². The number of hydrogen-bond acceptors (Lipinski definition) is 5. The molecule has 4 heterocycles. The minimum Gasteiger partial charge on any atom is -0.337 e. The van der Waals surface area contributed by atoms with Crippen LogP contribution < -0.4 is 0 Å². The van der Waals surface area contributed by atoms with Crippen molar-refractivity contribution in [2.75, 3.05) is 5.75 Å². The highest BCUT2D eigenvalue weighted by Gasteiger charge is 2.45. The molecule has 0 aromatic carbocycles. The largest absolute Gasteiger partial charge is 0.337 e. The van der Waals surface area contributed by atoms with Crippen LogP contribution in [0.3, 0.4) is 0 Å². The summed E-state index contributed by atoms with van der Waals surface area (Å²) in [5.74, 6) is 1.16. The topological polar surface area (TPSA) is 28.5 Å². The fourth-order valence-corrected chi connectivity index (χ4v) is 5.31. The summed E-state index contributed by atoms with van der Waals surface area (Å²) in [6.07, 6.45) is 3.04. The van der Waals surface area contributed by atoms with E-state index >= 15 is 0 Å². The second-order valence-corrected chi connectivity index (χ2v) is 7.32. The lowest BCUT2D eigenvalue weighted by molar-refractivity contribution is 0.258. The van der Waals surface area contributed by atoms with Crippen molar-refractivity contribution in [3.05, 3.63) is 52.5 Å². The molecule has 0 bridgehead atoms. The van der Waals surface area contributed by atoms with Gasteiger partial charge in [0.05, 0.1) is 11.7 Å². The normalized spacial score (nSPS) is 27.8. The summed E-state index contributed by atoms with van der Waals surface area (Å²) in [6, 6.07) is 11.5. The number of fused-ring (bicyclic) bond motifs is 1. The second-order valence-electron chi connectivity index (χ2n) is 5.35. The van der Waals surface area contributed by atoms with Crippen molar-refractivity contribution in [1.82, 2.24) is 9.88 Å². The maximum Gasteiger partial charge on any atom is 0.160 e. The molecule has 2 aliphatic rings. The van der Waals surface area contributed by atoms with Gasteiger partial charge < -0.3 is 4.90 Å². The van der Waals surface area contributed by atoms with E-state index in [-0.39, 0.29) is 6.04 Å². The minimum absolute atomic E-state index is 0.127. The van der Waals surface area contributed by atoms with Crippen LogP contribution in [0.5, 0.6) is 0 Å². The average molecular weight is 315 g/mol. The van der Waals surface area contributed by atoms with Crippen LogP contribution in [-0.2, 0) is 0 Å². The van der Waals surface area contributed by atoms with Crippen molar-refractivity contribution >= 4 is 28.3 Å². The van der Waals surface area contributed by atoms with E-state index in [4.69, 9.17) is 4.99 Å². The Bertz CT molecular complexity index is 639. The summed E-state index contributed by atoms with van der Waals surface area (Å²) in [7, 11) is 0. The predicted octanol–water partition coefficient (Wildman–Crippen LogP) is 4.12. The van der Waals surface area contributed by atoms with Crippen LogP contribution in [0.1, 0.15) is 36.0 Å². The molecule has 0 N–H and O–H groups in total. The molecule has 3 atom stereocenters. The third-order valence-corrected chi connectivity index (χ3v) is 6.23. The lowest BCUT2D eigenvalue weighted by atomic mass is 10.0. The highest BCUT2D eigenvalue weighted by Crippen LogP contribution is 2.49. The molecule has 0 spiro atoms. The first-order valence-electron chi connectivity index (χ1n) is 7.31. The highest BCUT2D eigenvalue weighted by molar-refractivity contribution is 8.14. The van der Waals surface area contributed by atoms with Crippen molar-refractivity contribution in [3.63, 3.8) is 0 Å². The van der Waals surface area contributed by atoms with E-state index in [1.807, 2.05) is 35.4 Å². The zero-order chi connectivity index (χ0) is 14.2. The van der Waals surface area contributed by atoms with Crippen LogP contribution in [0.25, 0.3) is 0 Å². The maximum absolute atomic E-state index is 5.01. The minimum atomic E-state index is 0.127. The summed E-state index contributed by atoms with van der Waals surface area (Å²) in [5, 5.41) is 3.36. The van der Waals surface area contributed by atoms with Gasteiger partial charge in [-0.3, -0.25) is 9.98 Å². The molecular weight excluding hydrogens is 298 g/mol. The van der Waals surface area contributed by atoms with Gasteiger partial charge in [0, 0.05) is 22.9 Å². The van der Waals surface area contributed by atoms with Gasteiger partial charge in [-0.25, -0.2) is 0 Å². The van der Waals surface area contributed by atoms with Gasteiger partial charge in [0.1, 0.15) is 6.04 Å². The van der Waals surface area contributed by atoms with Crippen molar-refractivity contribution in [2.45, 2.75) is 31.5 Å². The summed E-state index contributed by atoms with van der Waals surface area (Å²) >= 11 is 3.73. The number of hydrogen-bond donors (Lipinski definition) is 0. The van der Waals surface area contributed by atoms with Crippen LogP contribution in [0.15, 0.2) is 46.9 Å². The molecule has 0 saturated carbocycles. The van der Waals surface area contributed by atoms with Gasteiger partial charge in [-0.15, -0.1) is 11.3 Å². The Hall–Kier alpha value is -1.33. The number of amidine groups is 1. The SMILES string of the molecule is CC[C@H]1CSC2=N[C@H](c3ccccn3)[C@@H](c3cccs3)N21. The smallest absolute Gasteiger partial charge is 0.160 e. The van der Waals surface area contributed by atoms with Crippen molar-refractivity contribution in [3.8, 4) is 0 Å². The Morgan fingerprint density at radius 1 is 1.29 bits per heavy atom. The van der Waals surface area contributed by atoms with E-state index in [1.165, 1.54) is 16.5 Å². The lowest BCUT2D eigenvalue weighted by Crippen LogP contribution is -2.34. The first-order chi connectivity index (χ1) is 10.4. The van der Waals surface area contributed by atoms with E-state index in [1.54, 1.807) is 0 Å². The Labute approximate surface area is 133 Å². The third kappa shape index (κ3) is 2.19. The van der Waals surface area contributed by atoms with Crippen molar-refractivity contribution in [1.29, 1.82) is 0 Å². The Kier molecular flexibility index (Phi) is 3.47. The standard InChI is InChI=1S/C16H17N3S2/c1-2-11-10-21-16-18-14(12-6-3-4-8-17-12)15(19(11)16)13-7-5-9-20-13/h3-9,11,14-15H,2,10H2,1H3/t11-,14+,15+/m0/s1. The number of thioether (sulfide) groups is 1. The second kappa shape index (κ2) is 5.46.